The molecule has 0 aliphatic carbocycles. The van der Waals surface area contributed by atoms with Crippen LogP contribution in [0.25, 0.3) is 5.57 Å². The van der Waals surface area contributed by atoms with Gasteiger partial charge >= 0.3 is 0 Å². The van der Waals surface area contributed by atoms with Crippen molar-refractivity contribution in [3.8, 4) is 0 Å². The molecule has 1 aliphatic heterocycles. The van der Waals surface area contributed by atoms with Crippen molar-refractivity contribution in [3.63, 3.8) is 0 Å². The van der Waals surface area contributed by atoms with E-state index >= 15 is 0 Å². The summed E-state index contributed by atoms with van der Waals surface area (Å²) in [6, 6.07) is 20.1. The van der Waals surface area contributed by atoms with Crippen LogP contribution in [0.2, 0.25) is 0 Å². The second kappa shape index (κ2) is 5.11. The maximum absolute atomic E-state index is 5.91. The van der Waals surface area contributed by atoms with Gasteiger partial charge in [0.25, 0.3) is 0 Å². The molecule has 0 spiro atoms. The van der Waals surface area contributed by atoms with Crippen LogP contribution >= 0.6 is 0 Å². The molecule has 0 radical (unpaired) electrons. The number of ether oxygens (including phenoxy) is 1. The fourth-order valence-corrected chi connectivity index (χ4v) is 2.13. The van der Waals surface area contributed by atoms with Crippen LogP contribution in [0.4, 0.5) is 0 Å². The van der Waals surface area contributed by atoms with Crippen LogP contribution in [0.15, 0.2) is 72.2 Å². The van der Waals surface area contributed by atoms with Crippen LogP contribution in [0, 0.1) is 0 Å². The van der Waals surface area contributed by atoms with Gasteiger partial charge in [0.15, 0.2) is 0 Å². The quantitative estimate of drug-likeness (QED) is 0.815. The maximum atomic E-state index is 5.91. The molecule has 0 fully saturated rings. The van der Waals surface area contributed by atoms with Crippen molar-refractivity contribution in [1.82, 2.24) is 0 Å². The summed E-state index contributed by atoms with van der Waals surface area (Å²) in [4.78, 5) is 4.47. The van der Waals surface area contributed by atoms with Crippen LogP contribution < -0.4 is 0 Å². The molecule has 1 aliphatic rings. The Balaban J connectivity index is 1.73. The highest BCUT2D eigenvalue weighted by molar-refractivity contribution is 5.96. The minimum atomic E-state index is -0.0578. The fourth-order valence-electron chi connectivity index (χ4n) is 2.13. The van der Waals surface area contributed by atoms with Gasteiger partial charge in [0, 0.05) is 5.56 Å². The molecule has 2 heteroatoms. The van der Waals surface area contributed by atoms with E-state index in [0.717, 1.165) is 16.7 Å². The van der Waals surface area contributed by atoms with Gasteiger partial charge in [-0.2, -0.15) is 0 Å². The molecule has 0 bridgehead atoms. The lowest BCUT2D eigenvalue weighted by Crippen LogP contribution is -2.15. The van der Waals surface area contributed by atoms with Gasteiger partial charge < -0.3 is 4.74 Å². The van der Waals surface area contributed by atoms with Crippen LogP contribution in [0.3, 0.4) is 0 Å². The van der Waals surface area contributed by atoms with E-state index < -0.39 is 0 Å². The first-order chi connectivity index (χ1) is 9.34. The van der Waals surface area contributed by atoms with E-state index in [0.29, 0.717) is 12.4 Å². The minimum Gasteiger partial charge on any atom is -0.467 e. The lowest BCUT2D eigenvalue weighted by Gasteiger charge is -2.14. The highest BCUT2D eigenvalue weighted by Crippen LogP contribution is 2.24. The molecule has 3 rings (SSSR count). The third-order valence-corrected chi connectivity index (χ3v) is 3.21. The van der Waals surface area contributed by atoms with Crippen molar-refractivity contribution in [2.24, 2.45) is 4.99 Å². The topological polar surface area (TPSA) is 21.6 Å². The number of aliphatic imine (C=N–C) groups is 1. The fraction of sp³-hybridized carbons (Fsp3) is 0.118. The molecule has 19 heavy (non-hydrogen) atoms. The molecule has 0 saturated heterocycles. The van der Waals surface area contributed by atoms with Crippen molar-refractivity contribution in [1.29, 1.82) is 0 Å². The van der Waals surface area contributed by atoms with Crippen molar-refractivity contribution in [2.75, 3.05) is 6.54 Å². The molecule has 94 valence electrons. The second-order valence-corrected chi connectivity index (χ2v) is 4.51. The molecular formula is C17H15NO. The van der Waals surface area contributed by atoms with Gasteiger partial charge in [-0.05, 0) is 23.3 Å². The number of hydrogen-bond acceptors (Lipinski definition) is 2. The van der Waals surface area contributed by atoms with Gasteiger partial charge in [0.1, 0.15) is 6.10 Å². The van der Waals surface area contributed by atoms with Gasteiger partial charge in [-0.1, -0.05) is 55.1 Å². The molecule has 2 nitrogen and oxygen atoms in total. The summed E-state index contributed by atoms with van der Waals surface area (Å²) in [5.41, 5.74) is 3.11. The first kappa shape index (κ1) is 11.7. The van der Waals surface area contributed by atoms with Crippen LogP contribution in [-0.4, -0.2) is 18.5 Å². The van der Waals surface area contributed by atoms with Crippen LogP contribution in [0.1, 0.15) is 11.1 Å². The Bertz CT molecular complexity index is 602. The lowest BCUT2D eigenvalue weighted by atomic mass is 10.0. The number of rotatable bonds is 3. The van der Waals surface area contributed by atoms with E-state index in [-0.39, 0.29) is 6.10 Å². The zero-order valence-electron chi connectivity index (χ0n) is 10.6. The summed E-state index contributed by atoms with van der Waals surface area (Å²) in [6.45, 7) is 4.77. The van der Waals surface area contributed by atoms with Gasteiger partial charge in [-0.3, -0.25) is 0 Å². The summed E-state index contributed by atoms with van der Waals surface area (Å²) >= 11 is 0. The van der Waals surface area contributed by atoms with Crippen molar-refractivity contribution in [3.05, 3.63) is 78.4 Å². The van der Waals surface area contributed by atoms with E-state index in [1.165, 1.54) is 0 Å². The van der Waals surface area contributed by atoms with Crippen LogP contribution in [-0.2, 0) is 4.74 Å². The van der Waals surface area contributed by atoms with Crippen LogP contribution in [0.5, 0.6) is 0 Å². The molecule has 1 unspecified atom stereocenters. The average Bonchev–Trinajstić information content (AvgIpc) is 2.98. The molecule has 0 N–H and O–H groups in total. The third-order valence-electron chi connectivity index (χ3n) is 3.21. The normalized spacial score (nSPS) is 17.7. The first-order valence-corrected chi connectivity index (χ1v) is 6.35. The Labute approximate surface area is 113 Å². The summed E-state index contributed by atoms with van der Waals surface area (Å²) in [5, 5.41) is 0. The molecule has 0 amide bonds. The van der Waals surface area contributed by atoms with E-state index in [4.69, 9.17) is 4.74 Å². The summed E-state index contributed by atoms with van der Waals surface area (Å²) in [5.74, 6) is 0.711. The van der Waals surface area contributed by atoms with Gasteiger partial charge in [-0.15, -0.1) is 0 Å². The maximum Gasteiger partial charge on any atom is 0.216 e. The molecule has 1 heterocycles. The minimum absolute atomic E-state index is 0.0578. The van der Waals surface area contributed by atoms with Crippen molar-refractivity contribution >= 4 is 11.5 Å². The molecule has 2 aromatic carbocycles. The Kier molecular flexibility index (Phi) is 3.15. The highest BCUT2D eigenvalue weighted by Gasteiger charge is 2.23. The van der Waals surface area contributed by atoms with Gasteiger partial charge in [-0.25, -0.2) is 4.99 Å². The van der Waals surface area contributed by atoms with Crippen molar-refractivity contribution in [2.45, 2.75) is 6.10 Å². The predicted octanol–water partition coefficient (Wildman–Crippen LogP) is 3.55. The number of hydrogen-bond donors (Lipinski definition) is 0. The standard InChI is InChI=1S/C17H15NO/c1-13(14-8-4-2-5-9-14)16-12-18-17(19-16)15-10-6-3-7-11-15/h2-11,16H,1,12H2. The lowest BCUT2D eigenvalue weighted by molar-refractivity contribution is 0.284. The van der Waals surface area contributed by atoms with E-state index in [9.17, 15) is 0 Å². The molecule has 0 aromatic heterocycles. The number of benzene rings is 2. The predicted molar refractivity (Wildman–Crippen MR) is 78.2 cm³/mol. The first-order valence-electron chi connectivity index (χ1n) is 6.35. The SMILES string of the molecule is C=C(c1ccccc1)C1CN=C(c2ccccc2)O1. The summed E-state index contributed by atoms with van der Waals surface area (Å²) < 4.78 is 5.91. The molecule has 1 atom stereocenters. The average molecular weight is 249 g/mol. The Morgan fingerprint density at radius 1 is 1.00 bits per heavy atom. The smallest absolute Gasteiger partial charge is 0.216 e. The molecular weight excluding hydrogens is 234 g/mol. The Morgan fingerprint density at radius 2 is 1.63 bits per heavy atom. The van der Waals surface area contributed by atoms with E-state index in [1.807, 2.05) is 60.7 Å². The van der Waals surface area contributed by atoms with E-state index in [2.05, 4.69) is 11.6 Å². The van der Waals surface area contributed by atoms with Crippen molar-refractivity contribution < 1.29 is 4.74 Å². The number of nitrogens with zero attached hydrogens (tertiary/aromatic N) is 1. The molecule has 0 saturated carbocycles. The second-order valence-electron chi connectivity index (χ2n) is 4.51. The molecule has 2 aromatic rings. The largest absolute Gasteiger partial charge is 0.467 e. The third kappa shape index (κ3) is 2.43. The monoisotopic (exact) mass is 249 g/mol. The Hall–Kier alpha value is -2.35. The Morgan fingerprint density at radius 3 is 2.32 bits per heavy atom. The zero-order valence-corrected chi connectivity index (χ0v) is 10.6. The van der Waals surface area contributed by atoms with E-state index in [1.54, 1.807) is 0 Å². The van der Waals surface area contributed by atoms with Gasteiger partial charge in [0.05, 0.1) is 6.54 Å². The zero-order chi connectivity index (χ0) is 13.1. The summed E-state index contributed by atoms with van der Waals surface area (Å²) in [7, 11) is 0. The summed E-state index contributed by atoms with van der Waals surface area (Å²) in [6.07, 6.45) is -0.0578. The van der Waals surface area contributed by atoms with Gasteiger partial charge in [0.2, 0.25) is 5.90 Å². The highest BCUT2D eigenvalue weighted by atomic mass is 16.5.